The molecule has 1 saturated heterocycles. The largest absolute Gasteiger partial charge is 0.390 e. The van der Waals surface area contributed by atoms with Crippen LogP contribution in [0.3, 0.4) is 0 Å². The molecule has 1 fully saturated rings. The average Bonchev–Trinajstić information content (AvgIpc) is 2.71. The van der Waals surface area contributed by atoms with Gasteiger partial charge in [-0.1, -0.05) is 0 Å². The van der Waals surface area contributed by atoms with Crippen LogP contribution in [0.25, 0.3) is 0 Å². The van der Waals surface area contributed by atoms with Crippen LogP contribution < -0.4 is 4.90 Å². The lowest BCUT2D eigenvalue weighted by Crippen LogP contribution is -2.35. The lowest BCUT2D eigenvalue weighted by atomic mass is 10.2. The van der Waals surface area contributed by atoms with Crippen molar-refractivity contribution in [2.75, 3.05) is 11.4 Å². The van der Waals surface area contributed by atoms with E-state index >= 15 is 0 Å². The van der Waals surface area contributed by atoms with Crippen LogP contribution in [0.15, 0.2) is 15.9 Å². The van der Waals surface area contributed by atoms with Crippen LogP contribution in [-0.4, -0.2) is 30.1 Å². The zero-order chi connectivity index (χ0) is 10.1. The standard InChI is InChI=1S/C9H10BrNO2S/c10-8-1-2-9(14-8)11-4-3-7(13)6(11)5-12/h1-2,5-7,13H,3-4H2. The first kappa shape index (κ1) is 10.1. The maximum absolute atomic E-state index is 10.8. The van der Waals surface area contributed by atoms with Gasteiger partial charge in [-0.2, -0.15) is 0 Å². The highest BCUT2D eigenvalue weighted by Gasteiger charge is 2.33. The quantitative estimate of drug-likeness (QED) is 0.835. The van der Waals surface area contributed by atoms with Crippen molar-refractivity contribution in [1.82, 2.24) is 0 Å². The number of aliphatic hydroxyl groups excluding tert-OH is 1. The Bertz CT molecular complexity index is 341. The van der Waals surface area contributed by atoms with E-state index in [9.17, 15) is 9.90 Å². The van der Waals surface area contributed by atoms with E-state index in [1.807, 2.05) is 17.0 Å². The number of nitrogens with zero attached hydrogens (tertiary/aromatic N) is 1. The Kier molecular flexibility index (Phi) is 2.90. The molecule has 1 aliphatic rings. The summed E-state index contributed by atoms with van der Waals surface area (Å²) in [5, 5.41) is 10.6. The number of carbonyl (C=O) groups is 1. The molecule has 1 aliphatic heterocycles. The molecule has 14 heavy (non-hydrogen) atoms. The van der Waals surface area contributed by atoms with E-state index in [1.54, 1.807) is 11.3 Å². The van der Waals surface area contributed by atoms with Crippen LogP contribution in [0.4, 0.5) is 5.00 Å². The lowest BCUT2D eigenvalue weighted by molar-refractivity contribution is -0.110. The first-order chi connectivity index (χ1) is 6.72. The van der Waals surface area contributed by atoms with Gasteiger partial charge in [0.05, 0.1) is 14.9 Å². The molecule has 0 aliphatic carbocycles. The summed E-state index contributed by atoms with van der Waals surface area (Å²) in [6, 6.07) is 3.54. The second kappa shape index (κ2) is 4.00. The molecule has 0 radical (unpaired) electrons. The SMILES string of the molecule is O=CC1C(O)CCN1c1ccc(Br)s1. The number of carbonyl (C=O) groups excluding carboxylic acids is 1. The summed E-state index contributed by atoms with van der Waals surface area (Å²) in [6.45, 7) is 0.748. The van der Waals surface area contributed by atoms with Gasteiger partial charge < -0.3 is 14.8 Å². The van der Waals surface area contributed by atoms with Gasteiger partial charge in [0.15, 0.2) is 0 Å². The molecule has 0 aromatic carbocycles. The summed E-state index contributed by atoms with van der Waals surface area (Å²) in [4.78, 5) is 12.8. The summed E-state index contributed by atoms with van der Waals surface area (Å²) in [7, 11) is 0. The summed E-state index contributed by atoms with van der Waals surface area (Å²) in [5.41, 5.74) is 0. The highest BCUT2D eigenvalue weighted by atomic mass is 79.9. The van der Waals surface area contributed by atoms with Crippen LogP contribution in [0.5, 0.6) is 0 Å². The predicted octanol–water partition coefficient (Wildman–Crippen LogP) is 1.65. The molecular formula is C9H10BrNO2S. The minimum Gasteiger partial charge on any atom is -0.390 e. The van der Waals surface area contributed by atoms with Crippen molar-refractivity contribution in [2.45, 2.75) is 18.6 Å². The van der Waals surface area contributed by atoms with Crippen molar-refractivity contribution >= 4 is 38.6 Å². The molecule has 1 aromatic rings. The van der Waals surface area contributed by atoms with Gasteiger partial charge in [-0.25, -0.2) is 0 Å². The molecule has 0 saturated carbocycles. The van der Waals surface area contributed by atoms with Gasteiger partial charge in [0, 0.05) is 6.54 Å². The van der Waals surface area contributed by atoms with E-state index in [0.717, 1.165) is 21.6 Å². The van der Waals surface area contributed by atoms with Crippen molar-refractivity contribution in [3.8, 4) is 0 Å². The minimum absolute atomic E-state index is 0.374. The van der Waals surface area contributed by atoms with E-state index in [4.69, 9.17) is 0 Å². The minimum atomic E-state index is -0.520. The molecule has 2 unspecified atom stereocenters. The van der Waals surface area contributed by atoms with Gasteiger partial charge in [-0.15, -0.1) is 11.3 Å². The third-order valence-corrected chi connectivity index (χ3v) is 4.06. The first-order valence-electron chi connectivity index (χ1n) is 4.37. The molecule has 3 nitrogen and oxygen atoms in total. The highest BCUT2D eigenvalue weighted by molar-refractivity contribution is 9.11. The molecule has 2 atom stereocenters. The second-order valence-electron chi connectivity index (χ2n) is 3.25. The Labute approximate surface area is 94.5 Å². The van der Waals surface area contributed by atoms with Gasteiger partial charge >= 0.3 is 0 Å². The number of hydrogen-bond acceptors (Lipinski definition) is 4. The normalized spacial score (nSPS) is 26.9. The van der Waals surface area contributed by atoms with Crippen molar-refractivity contribution in [2.24, 2.45) is 0 Å². The molecule has 0 bridgehead atoms. The Hall–Kier alpha value is -0.390. The molecule has 0 amide bonds. The summed E-state index contributed by atoms with van der Waals surface area (Å²) in [5.74, 6) is 0. The van der Waals surface area contributed by atoms with Crippen molar-refractivity contribution in [3.63, 3.8) is 0 Å². The number of hydrogen-bond donors (Lipinski definition) is 1. The first-order valence-corrected chi connectivity index (χ1v) is 5.98. The third kappa shape index (κ3) is 1.71. The predicted molar refractivity (Wildman–Crippen MR) is 59.8 cm³/mol. The summed E-state index contributed by atoms with van der Waals surface area (Å²) >= 11 is 4.96. The van der Waals surface area contributed by atoms with Crippen molar-refractivity contribution < 1.29 is 9.90 Å². The fourth-order valence-electron chi connectivity index (χ4n) is 1.68. The number of halogens is 1. The van der Waals surface area contributed by atoms with Gasteiger partial charge in [-0.05, 0) is 34.5 Å². The van der Waals surface area contributed by atoms with E-state index < -0.39 is 6.10 Å². The Morgan fingerprint density at radius 1 is 1.64 bits per heavy atom. The molecule has 0 spiro atoms. The number of aliphatic hydroxyl groups is 1. The molecule has 5 heteroatoms. The van der Waals surface area contributed by atoms with E-state index in [1.165, 1.54) is 0 Å². The van der Waals surface area contributed by atoms with E-state index in [-0.39, 0.29) is 6.04 Å². The Balaban J connectivity index is 2.22. The Morgan fingerprint density at radius 2 is 2.43 bits per heavy atom. The van der Waals surface area contributed by atoms with Crippen LogP contribution in [0.2, 0.25) is 0 Å². The zero-order valence-electron chi connectivity index (χ0n) is 7.39. The second-order valence-corrected chi connectivity index (χ2v) is 5.70. The van der Waals surface area contributed by atoms with Crippen LogP contribution >= 0.6 is 27.3 Å². The lowest BCUT2D eigenvalue weighted by Gasteiger charge is -2.21. The van der Waals surface area contributed by atoms with E-state index in [0.29, 0.717) is 6.42 Å². The zero-order valence-corrected chi connectivity index (χ0v) is 9.79. The van der Waals surface area contributed by atoms with Crippen LogP contribution in [0.1, 0.15) is 6.42 Å². The monoisotopic (exact) mass is 275 g/mol. The average molecular weight is 276 g/mol. The molecular weight excluding hydrogens is 266 g/mol. The third-order valence-electron chi connectivity index (χ3n) is 2.40. The van der Waals surface area contributed by atoms with E-state index in [2.05, 4.69) is 15.9 Å². The Morgan fingerprint density at radius 3 is 3.00 bits per heavy atom. The number of aldehydes is 1. The molecule has 2 rings (SSSR count). The van der Waals surface area contributed by atoms with Gasteiger partial charge in [0.25, 0.3) is 0 Å². The molecule has 76 valence electrons. The number of anilines is 1. The van der Waals surface area contributed by atoms with Gasteiger partial charge in [0.1, 0.15) is 12.3 Å². The topological polar surface area (TPSA) is 40.5 Å². The van der Waals surface area contributed by atoms with Crippen LogP contribution in [-0.2, 0) is 4.79 Å². The van der Waals surface area contributed by atoms with Gasteiger partial charge in [-0.3, -0.25) is 0 Å². The van der Waals surface area contributed by atoms with Crippen molar-refractivity contribution in [3.05, 3.63) is 15.9 Å². The van der Waals surface area contributed by atoms with Crippen LogP contribution in [0, 0.1) is 0 Å². The fraction of sp³-hybridized carbons (Fsp3) is 0.444. The molecule has 2 heterocycles. The molecule has 1 aromatic heterocycles. The highest BCUT2D eigenvalue weighted by Crippen LogP contribution is 2.33. The van der Waals surface area contributed by atoms with Gasteiger partial charge in [0.2, 0.25) is 0 Å². The molecule has 1 N–H and O–H groups in total. The summed E-state index contributed by atoms with van der Waals surface area (Å²) < 4.78 is 1.04. The maximum atomic E-state index is 10.8. The number of thiophene rings is 1. The summed E-state index contributed by atoms with van der Waals surface area (Å²) in [6.07, 6.45) is 0.970. The number of rotatable bonds is 2. The maximum Gasteiger partial charge on any atom is 0.145 e. The van der Waals surface area contributed by atoms with Crippen molar-refractivity contribution in [1.29, 1.82) is 0 Å². The smallest absolute Gasteiger partial charge is 0.145 e. The fourth-order valence-corrected chi connectivity index (χ4v) is 3.11.